The van der Waals surface area contributed by atoms with Crippen molar-refractivity contribution in [1.82, 2.24) is 9.97 Å². The molecule has 0 saturated heterocycles. The van der Waals surface area contributed by atoms with E-state index in [1.807, 2.05) is 36.4 Å². The number of benzene rings is 2. The summed E-state index contributed by atoms with van der Waals surface area (Å²) < 4.78 is 10.8. The molecule has 0 spiro atoms. The SMILES string of the molecule is N#Cc1c(-c2ccccc2)nc(NN=Cc2cc(CCl)c3c(c2)COCO3)[nH]c1=O. The standard InChI is InChI=1S/C21H16ClN5O3/c22-8-15-6-13(7-16-11-29-12-30-19(15)16)10-24-27-21-25-18(14-4-2-1-3-5-14)17(9-23)20(28)26-21/h1-7,10H,8,11-12H2,(H2,25,26,27,28). The van der Waals surface area contributed by atoms with E-state index >= 15 is 0 Å². The predicted molar refractivity (Wildman–Crippen MR) is 113 cm³/mol. The average molecular weight is 422 g/mol. The molecule has 0 aliphatic carbocycles. The molecule has 0 amide bonds. The molecule has 3 aromatic rings. The number of aromatic amines is 1. The third kappa shape index (κ3) is 4.03. The molecule has 1 aromatic heterocycles. The van der Waals surface area contributed by atoms with Crippen molar-refractivity contribution in [2.24, 2.45) is 5.10 Å². The first-order valence-corrected chi connectivity index (χ1v) is 9.54. The molecule has 9 heteroatoms. The number of nitrogens with one attached hydrogen (secondary N) is 2. The summed E-state index contributed by atoms with van der Waals surface area (Å²) in [5.74, 6) is 1.16. The first kappa shape index (κ1) is 19.6. The second kappa shape index (κ2) is 8.78. The summed E-state index contributed by atoms with van der Waals surface area (Å²) in [5.41, 5.74) is 5.56. The summed E-state index contributed by atoms with van der Waals surface area (Å²) in [6.45, 7) is 0.632. The van der Waals surface area contributed by atoms with Gasteiger partial charge in [-0.3, -0.25) is 9.78 Å². The van der Waals surface area contributed by atoms with Gasteiger partial charge >= 0.3 is 0 Å². The Morgan fingerprint density at radius 3 is 2.93 bits per heavy atom. The van der Waals surface area contributed by atoms with Gasteiger partial charge in [0.1, 0.15) is 17.4 Å². The third-order valence-corrected chi connectivity index (χ3v) is 4.70. The van der Waals surface area contributed by atoms with Crippen molar-refractivity contribution in [1.29, 1.82) is 5.26 Å². The number of H-pyrrole nitrogens is 1. The Bertz CT molecular complexity index is 1180. The maximum absolute atomic E-state index is 12.3. The number of hydrogen-bond acceptors (Lipinski definition) is 7. The van der Waals surface area contributed by atoms with Gasteiger partial charge in [-0.1, -0.05) is 30.3 Å². The fraction of sp³-hybridized carbons (Fsp3) is 0.143. The van der Waals surface area contributed by atoms with Crippen molar-refractivity contribution in [2.45, 2.75) is 12.5 Å². The van der Waals surface area contributed by atoms with E-state index in [2.05, 4.69) is 20.5 Å². The van der Waals surface area contributed by atoms with Crippen molar-refractivity contribution in [2.75, 3.05) is 12.2 Å². The molecule has 0 atom stereocenters. The van der Waals surface area contributed by atoms with Crippen molar-refractivity contribution in [3.63, 3.8) is 0 Å². The van der Waals surface area contributed by atoms with Gasteiger partial charge in [-0.05, 0) is 17.7 Å². The highest BCUT2D eigenvalue weighted by Crippen LogP contribution is 2.30. The second-order valence-electron chi connectivity index (χ2n) is 6.40. The molecule has 2 heterocycles. The summed E-state index contributed by atoms with van der Waals surface area (Å²) in [4.78, 5) is 19.2. The van der Waals surface area contributed by atoms with Crippen LogP contribution in [-0.4, -0.2) is 23.0 Å². The van der Waals surface area contributed by atoms with Crippen LogP contribution in [0, 0.1) is 11.3 Å². The number of alkyl halides is 1. The molecule has 8 nitrogen and oxygen atoms in total. The van der Waals surface area contributed by atoms with Crippen LogP contribution in [0.1, 0.15) is 22.3 Å². The number of hydrazone groups is 1. The number of fused-ring (bicyclic) bond motifs is 1. The highest BCUT2D eigenvalue weighted by molar-refractivity contribution is 6.17. The van der Waals surface area contributed by atoms with E-state index < -0.39 is 5.56 Å². The monoisotopic (exact) mass is 421 g/mol. The molecule has 0 fully saturated rings. The number of hydrogen-bond donors (Lipinski definition) is 2. The number of rotatable bonds is 5. The molecular formula is C21H16ClN5O3. The summed E-state index contributed by atoms with van der Waals surface area (Å²) >= 11 is 6.03. The Morgan fingerprint density at radius 2 is 2.17 bits per heavy atom. The molecule has 1 aliphatic rings. The van der Waals surface area contributed by atoms with Gasteiger partial charge < -0.3 is 9.47 Å². The number of ether oxygens (including phenoxy) is 2. The molecule has 150 valence electrons. The largest absolute Gasteiger partial charge is 0.467 e. The average Bonchev–Trinajstić information content (AvgIpc) is 2.78. The van der Waals surface area contributed by atoms with E-state index in [4.69, 9.17) is 21.1 Å². The number of nitrogens with zero attached hydrogens (tertiary/aromatic N) is 3. The maximum atomic E-state index is 12.3. The fourth-order valence-corrected chi connectivity index (χ4v) is 3.30. The van der Waals surface area contributed by atoms with E-state index in [0.29, 0.717) is 18.1 Å². The maximum Gasteiger partial charge on any atom is 0.270 e. The molecule has 0 unspecified atom stereocenters. The summed E-state index contributed by atoms with van der Waals surface area (Å²) in [5, 5.41) is 13.5. The number of anilines is 1. The second-order valence-corrected chi connectivity index (χ2v) is 6.67. The minimum atomic E-state index is -0.545. The summed E-state index contributed by atoms with van der Waals surface area (Å²) in [7, 11) is 0. The molecule has 2 N–H and O–H groups in total. The Kier molecular flexibility index (Phi) is 5.75. The predicted octanol–water partition coefficient (Wildman–Crippen LogP) is 3.36. The molecule has 30 heavy (non-hydrogen) atoms. The van der Waals surface area contributed by atoms with Crippen molar-refractivity contribution in [3.8, 4) is 23.1 Å². The number of aromatic nitrogens is 2. The van der Waals surface area contributed by atoms with Gasteiger partial charge in [0.05, 0.1) is 24.4 Å². The lowest BCUT2D eigenvalue weighted by Crippen LogP contribution is -2.16. The lowest BCUT2D eigenvalue weighted by atomic mass is 10.1. The minimum absolute atomic E-state index is 0.0582. The van der Waals surface area contributed by atoms with Crippen LogP contribution in [0.4, 0.5) is 5.95 Å². The smallest absolute Gasteiger partial charge is 0.270 e. The van der Waals surface area contributed by atoms with Crippen molar-refractivity contribution >= 4 is 23.8 Å². The molecule has 0 radical (unpaired) electrons. The van der Waals surface area contributed by atoms with Crippen molar-refractivity contribution < 1.29 is 9.47 Å². The van der Waals surface area contributed by atoms with Crippen LogP contribution in [0.25, 0.3) is 11.3 Å². The molecule has 4 rings (SSSR count). The zero-order valence-corrected chi connectivity index (χ0v) is 16.4. The Hall–Kier alpha value is -3.67. The van der Waals surface area contributed by atoms with E-state index in [9.17, 15) is 10.1 Å². The molecule has 0 bridgehead atoms. The summed E-state index contributed by atoms with van der Waals surface area (Å²) in [6.07, 6.45) is 1.57. The number of nitriles is 1. The van der Waals surface area contributed by atoms with E-state index in [-0.39, 0.29) is 24.0 Å². The van der Waals surface area contributed by atoms with Gasteiger partial charge in [-0.15, -0.1) is 11.6 Å². The zero-order chi connectivity index (χ0) is 20.9. The lowest BCUT2D eigenvalue weighted by Gasteiger charge is -2.20. The highest BCUT2D eigenvalue weighted by Gasteiger charge is 2.16. The van der Waals surface area contributed by atoms with Gasteiger partial charge in [0.15, 0.2) is 6.79 Å². The topological polar surface area (TPSA) is 112 Å². The first-order chi connectivity index (χ1) is 14.7. The Labute approximate surface area is 176 Å². The molecule has 2 aromatic carbocycles. The Balaban J connectivity index is 1.61. The fourth-order valence-electron chi connectivity index (χ4n) is 3.10. The van der Waals surface area contributed by atoms with Crippen LogP contribution < -0.4 is 15.7 Å². The highest BCUT2D eigenvalue weighted by atomic mass is 35.5. The van der Waals surface area contributed by atoms with Crippen LogP contribution in [0.15, 0.2) is 52.4 Å². The summed E-state index contributed by atoms with van der Waals surface area (Å²) in [6, 6.07) is 14.7. The van der Waals surface area contributed by atoms with Crippen LogP contribution in [0.2, 0.25) is 0 Å². The molecule has 1 aliphatic heterocycles. The first-order valence-electron chi connectivity index (χ1n) is 9.01. The van der Waals surface area contributed by atoms with Gasteiger partial charge in [0, 0.05) is 16.7 Å². The van der Waals surface area contributed by atoms with Gasteiger partial charge in [0.25, 0.3) is 5.56 Å². The molecule has 0 saturated carbocycles. The third-order valence-electron chi connectivity index (χ3n) is 4.42. The van der Waals surface area contributed by atoms with Crippen molar-refractivity contribution in [3.05, 3.63) is 75.1 Å². The molecular weight excluding hydrogens is 406 g/mol. The quantitative estimate of drug-likeness (QED) is 0.371. The van der Waals surface area contributed by atoms with Gasteiger partial charge in [0.2, 0.25) is 5.95 Å². The van der Waals surface area contributed by atoms with Crippen LogP contribution in [0.5, 0.6) is 5.75 Å². The van der Waals surface area contributed by atoms with E-state index in [1.54, 1.807) is 18.3 Å². The zero-order valence-electron chi connectivity index (χ0n) is 15.7. The number of halogens is 1. The minimum Gasteiger partial charge on any atom is -0.467 e. The lowest BCUT2D eigenvalue weighted by molar-refractivity contribution is -0.0169. The van der Waals surface area contributed by atoms with E-state index in [0.717, 1.165) is 22.4 Å². The normalized spacial score (nSPS) is 12.8. The van der Waals surface area contributed by atoms with Gasteiger partial charge in [-0.2, -0.15) is 10.4 Å². The van der Waals surface area contributed by atoms with Crippen LogP contribution in [0.3, 0.4) is 0 Å². The van der Waals surface area contributed by atoms with Crippen LogP contribution in [-0.2, 0) is 17.2 Å². The van der Waals surface area contributed by atoms with Gasteiger partial charge in [-0.25, -0.2) is 10.4 Å². The van der Waals surface area contributed by atoms with E-state index in [1.165, 1.54) is 0 Å². The van der Waals surface area contributed by atoms with Crippen LogP contribution >= 0.6 is 11.6 Å². The Morgan fingerprint density at radius 1 is 1.33 bits per heavy atom.